The van der Waals surface area contributed by atoms with Crippen molar-refractivity contribution in [2.75, 3.05) is 5.73 Å². The SMILES string of the molecule is Nc1cc2c3c(c(F)ccc3c1F)CC2=O. The maximum absolute atomic E-state index is 13.7. The fourth-order valence-electron chi connectivity index (χ4n) is 2.21. The van der Waals surface area contributed by atoms with E-state index in [0.717, 1.165) is 0 Å². The molecule has 3 rings (SSSR count). The van der Waals surface area contributed by atoms with Crippen molar-refractivity contribution in [1.82, 2.24) is 0 Å². The second kappa shape index (κ2) is 2.78. The van der Waals surface area contributed by atoms with E-state index in [1.54, 1.807) is 0 Å². The topological polar surface area (TPSA) is 43.1 Å². The van der Waals surface area contributed by atoms with Crippen LogP contribution in [0.1, 0.15) is 15.9 Å². The average molecular weight is 219 g/mol. The third kappa shape index (κ3) is 0.961. The number of benzene rings is 2. The number of halogens is 2. The first-order valence-electron chi connectivity index (χ1n) is 4.82. The van der Waals surface area contributed by atoms with Crippen LogP contribution in [0.5, 0.6) is 0 Å². The molecule has 0 amide bonds. The maximum Gasteiger partial charge on any atom is 0.168 e. The molecule has 0 aliphatic heterocycles. The maximum atomic E-state index is 13.7. The molecule has 0 saturated carbocycles. The van der Waals surface area contributed by atoms with E-state index < -0.39 is 11.6 Å². The van der Waals surface area contributed by atoms with Crippen molar-refractivity contribution in [2.45, 2.75) is 6.42 Å². The van der Waals surface area contributed by atoms with Crippen LogP contribution < -0.4 is 5.73 Å². The molecule has 16 heavy (non-hydrogen) atoms. The predicted octanol–water partition coefficient (Wildman–Crippen LogP) is 2.44. The van der Waals surface area contributed by atoms with Gasteiger partial charge < -0.3 is 5.73 Å². The number of nitrogen functional groups attached to an aromatic ring is 1. The third-order valence-electron chi connectivity index (χ3n) is 2.95. The van der Waals surface area contributed by atoms with Gasteiger partial charge in [-0.2, -0.15) is 0 Å². The van der Waals surface area contributed by atoms with Crippen LogP contribution in [0.15, 0.2) is 18.2 Å². The normalized spacial score (nSPS) is 13.8. The van der Waals surface area contributed by atoms with Gasteiger partial charge in [0.2, 0.25) is 0 Å². The fourth-order valence-corrected chi connectivity index (χ4v) is 2.21. The Hall–Kier alpha value is -1.97. The second-order valence-corrected chi connectivity index (χ2v) is 3.88. The summed E-state index contributed by atoms with van der Waals surface area (Å²) in [5.41, 5.74) is 5.99. The minimum Gasteiger partial charge on any atom is -0.396 e. The molecule has 80 valence electrons. The largest absolute Gasteiger partial charge is 0.396 e. The van der Waals surface area contributed by atoms with Crippen LogP contribution >= 0.6 is 0 Å². The third-order valence-corrected chi connectivity index (χ3v) is 2.95. The Kier molecular flexibility index (Phi) is 1.61. The Labute approximate surface area is 89.7 Å². The molecule has 0 unspecified atom stereocenters. The van der Waals surface area contributed by atoms with Gasteiger partial charge >= 0.3 is 0 Å². The standard InChI is InChI=1S/C12H7F2NO/c13-8-2-1-5-11-6(8)4-10(16)7(11)3-9(15)12(5)14/h1-3H,4,15H2. The summed E-state index contributed by atoms with van der Waals surface area (Å²) in [6.45, 7) is 0. The highest BCUT2D eigenvalue weighted by molar-refractivity contribution is 6.16. The average Bonchev–Trinajstić information content (AvgIpc) is 2.57. The lowest BCUT2D eigenvalue weighted by Gasteiger charge is -2.05. The molecule has 0 atom stereocenters. The summed E-state index contributed by atoms with van der Waals surface area (Å²) in [4.78, 5) is 11.6. The van der Waals surface area contributed by atoms with Crippen molar-refractivity contribution in [3.8, 4) is 0 Å². The van der Waals surface area contributed by atoms with Crippen LogP contribution in [0.3, 0.4) is 0 Å². The zero-order valence-corrected chi connectivity index (χ0v) is 8.18. The van der Waals surface area contributed by atoms with E-state index >= 15 is 0 Å². The Balaban J connectivity index is 2.59. The van der Waals surface area contributed by atoms with E-state index in [1.165, 1.54) is 18.2 Å². The summed E-state index contributed by atoms with van der Waals surface area (Å²) in [5.74, 6) is -1.27. The molecule has 0 aromatic heterocycles. The Bertz CT molecular complexity index is 649. The first-order chi connectivity index (χ1) is 7.59. The van der Waals surface area contributed by atoms with Gasteiger partial charge in [-0.3, -0.25) is 4.79 Å². The number of carbonyl (C=O) groups excluding carboxylic acids is 1. The van der Waals surface area contributed by atoms with Crippen molar-refractivity contribution in [2.24, 2.45) is 0 Å². The minimum absolute atomic E-state index is 0.0125. The number of Topliss-reactive ketones (excluding diaryl/α,β-unsaturated/α-hetero) is 1. The summed E-state index contributed by atoms with van der Waals surface area (Å²) in [6.07, 6.45) is -0.0125. The van der Waals surface area contributed by atoms with E-state index in [0.29, 0.717) is 10.9 Å². The second-order valence-electron chi connectivity index (χ2n) is 3.88. The predicted molar refractivity (Wildman–Crippen MR) is 56.3 cm³/mol. The lowest BCUT2D eigenvalue weighted by atomic mass is 10.0. The van der Waals surface area contributed by atoms with Crippen LogP contribution in [0.25, 0.3) is 10.8 Å². The molecule has 0 bridgehead atoms. The van der Waals surface area contributed by atoms with Gasteiger partial charge in [0.15, 0.2) is 11.6 Å². The number of hydrogen-bond donors (Lipinski definition) is 1. The zero-order valence-electron chi connectivity index (χ0n) is 8.18. The molecular formula is C12H7F2NO. The van der Waals surface area contributed by atoms with Gasteiger partial charge in [0.05, 0.1) is 5.69 Å². The van der Waals surface area contributed by atoms with E-state index in [-0.39, 0.29) is 28.8 Å². The zero-order chi connectivity index (χ0) is 11.4. The van der Waals surface area contributed by atoms with Crippen LogP contribution in [0, 0.1) is 11.6 Å². The van der Waals surface area contributed by atoms with Crippen molar-refractivity contribution < 1.29 is 13.6 Å². The van der Waals surface area contributed by atoms with Gasteiger partial charge in [0.25, 0.3) is 0 Å². The summed E-state index contributed by atoms with van der Waals surface area (Å²) in [6, 6.07) is 3.78. The van der Waals surface area contributed by atoms with E-state index in [9.17, 15) is 13.6 Å². The first kappa shape index (κ1) is 9.27. The highest BCUT2D eigenvalue weighted by Gasteiger charge is 2.27. The van der Waals surface area contributed by atoms with Crippen LogP contribution in [0.4, 0.5) is 14.5 Å². The van der Waals surface area contributed by atoms with Gasteiger partial charge in [0.1, 0.15) is 5.82 Å². The van der Waals surface area contributed by atoms with Gasteiger partial charge in [-0.15, -0.1) is 0 Å². The highest BCUT2D eigenvalue weighted by atomic mass is 19.1. The highest BCUT2D eigenvalue weighted by Crippen LogP contribution is 2.36. The number of ketones is 1. The van der Waals surface area contributed by atoms with Crippen molar-refractivity contribution in [3.05, 3.63) is 41.0 Å². The Morgan fingerprint density at radius 1 is 1.25 bits per heavy atom. The van der Waals surface area contributed by atoms with Crippen LogP contribution in [-0.4, -0.2) is 5.78 Å². The smallest absolute Gasteiger partial charge is 0.168 e. The number of nitrogens with two attached hydrogens (primary N) is 1. The first-order valence-corrected chi connectivity index (χ1v) is 4.82. The number of anilines is 1. The minimum atomic E-state index is -0.588. The van der Waals surface area contributed by atoms with E-state index in [2.05, 4.69) is 0 Å². The van der Waals surface area contributed by atoms with Crippen LogP contribution in [0.2, 0.25) is 0 Å². The Morgan fingerprint density at radius 2 is 2.00 bits per heavy atom. The summed E-state index contributed by atoms with van der Waals surface area (Å²) < 4.78 is 27.1. The molecule has 0 spiro atoms. The fraction of sp³-hybridized carbons (Fsp3) is 0.0833. The number of carbonyl (C=O) groups is 1. The molecule has 0 heterocycles. The lowest BCUT2D eigenvalue weighted by Crippen LogP contribution is -1.97. The lowest BCUT2D eigenvalue weighted by molar-refractivity contribution is 0.0999. The van der Waals surface area contributed by atoms with Gasteiger partial charge in [0, 0.05) is 28.3 Å². The summed E-state index contributed by atoms with van der Waals surface area (Å²) in [7, 11) is 0. The molecule has 2 aromatic carbocycles. The van der Waals surface area contributed by atoms with Crippen LogP contribution in [-0.2, 0) is 6.42 Å². The van der Waals surface area contributed by atoms with Gasteiger partial charge in [-0.1, -0.05) is 0 Å². The van der Waals surface area contributed by atoms with E-state index in [1.807, 2.05) is 0 Å². The number of hydrogen-bond acceptors (Lipinski definition) is 2. The van der Waals surface area contributed by atoms with Crippen molar-refractivity contribution >= 4 is 22.2 Å². The molecule has 0 saturated heterocycles. The van der Waals surface area contributed by atoms with Crippen molar-refractivity contribution in [1.29, 1.82) is 0 Å². The Morgan fingerprint density at radius 3 is 2.75 bits per heavy atom. The molecule has 4 heteroatoms. The quantitative estimate of drug-likeness (QED) is 0.691. The molecule has 0 radical (unpaired) electrons. The molecular weight excluding hydrogens is 212 g/mol. The molecule has 0 fully saturated rings. The monoisotopic (exact) mass is 219 g/mol. The molecule has 1 aliphatic rings. The molecule has 2 N–H and O–H groups in total. The van der Waals surface area contributed by atoms with E-state index in [4.69, 9.17) is 5.73 Å². The molecule has 1 aliphatic carbocycles. The summed E-state index contributed by atoms with van der Waals surface area (Å²) >= 11 is 0. The number of rotatable bonds is 0. The molecule has 2 nitrogen and oxygen atoms in total. The van der Waals surface area contributed by atoms with Gasteiger partial charge in [-0.25, -0.2) is 8.78 Å². The summed E-state index contributed by atoms with van der Waals surface area (Å²) in [5, 5.41) is 0.592. The van der Waals surface area contributed by atoms with Gasteiger partial charge in [-0.05, 0) is 18.2 Å². The molecule has 2 aromatic rings. The van der Waals surface area contributed by atoms with Crippen molar-refractivity contribution in [3.63, 3.8) is 0 Å².